The maximum atomic E-state index is 8.78. The molecule has 0 unspecified atom stereocenters. The third kappa shape index (κ3) is 6.30. The average Bonchev–Trinajstić information content (AvgIpc) is 2.16. The van der Waals surface area contributed by atoms with Crippen LogP contribution in [-0.2, 0) is 6.42 Å². The molecular formula is C12H18ClNO2. The molecule has 0 aliphatic rings. The van der Waals surface area contributed by atoms with Crippen LogP contribution >= 0.6 is 11.6 Å². The number of carboxylic acid groups (broad SMARTS) is 1. The summed E-state index contributed by atoms with van der Waals surface area (Å²) in [6.45, 7) is 4.32. The first-order valence-electron chi connectivity index (χ1n) is 5.21. The van der Waals surface area contributed by atoms with Crippen LogP contribution in [0.1, 0.15) is 30.9 Å². The van der Waals surface area contributed by atoms with Crippen molar-refractivity contribution in [1.82, 2.24) is 0 Å². The lowest BCUT2D eigenvalue weighted by molar-refractivity contribution is 0.205. The van der Waals surface area contributed by atoms with Crippen molar-refractivity contribution in [3.05, 3.63) is 34.3 Å². The normalized spacial score (nSPS) is 9.19. The summed E-state index contributed by atoms with van der Waals surface area (Å²) in [7, 11) is 0. The molecule has 0 atom stereocenters. The predicted molar refractivity (Wildman–Crippen MR) is 67.0 cm³/mol. The highest BCUT2D eigenvalue weighted by molar-refractivity contribution is 6.31. The Balaban J connectivity index is 0.000000487. The van der Waals surface area contributed by atoms with Crippen LogP contribution in [0, 0.1) is 6.92 Å². The van der Waals surface area contributed by atoms with Gasteiger partial charge in [-0.2, -0.15) is 0 Å². The standard InChI is InChI=1S/C11H15Cl.CH3NO2/c1-3-4-7-10-9(2)6-5-8-11(10)12;2-1(3)4/h5-6,8H,3-4,7H2,1-2H3;2H2,(H,3,4). The van der Waals surface area contributed by atoms with E-state index < -0.39 is 6.09 Å². The van der Waals surface area contributed by atoms with E-state index in [9.17, 15) is 0 Å². The van der Waals surface area contributed by atoms with Gasteiger partial charge in [-0.3, -0.25) is 0 Å². The lowest BCUT2D eigenvalue weighted by Crippen LogP contribution is -2.03. The van der Waals surface area contributed by atoms with Gasteiger partial charge in [0.2, 0.25) is 0 Å². The molecule has 3 nitrogen and oxygen atoms in total. The number of amides is 1. The van der Waals surface area contributed by atoms with Crippen LogP contribution in [0.15, 0.2) is 18.2 Å². The van der Waals surface area contributed by atoms with Gasteiger partial charge in [0, 0.05) is 5.02 Å². The number of hydrogen-bond acceptors (Lipinski definition) is 1. The molecule has 0 fully saturated rings. The first kappa shape index (κ1) is 14.8. The second kappa shape index (κ2) is 7.99. The van der Waals surface area contributed by atoms with Gasteiger partial charge in [0.15, 0.2) is 0 Å². The summed E-state index contributed by atoms with van der Waals surface area (Å²) >= 11 is 6.07. The Hall–Kier alpha value is -1.22. The van der Waals surface area contributed by atoms with E-state index in [1.54, 1.807) is 0 Å². The van der Waals surface area contributed by atoms with Crippen LogP contribution in [0.25, 0.3) is 0 Å². The third-order valence-corrected chi connectivity index (χ3v) is 2.49. The summed E-state index contributed by atoms with van der Waals surface area (Å²) < 4.78 is 0. The highest BCUT2D eigenvalue weighted by Crippen LogP contribution is 2.21. The Bertz CT molecular complexity index is 316. The number of halogens is 1. The van der Waals surface area contributed by atoms with Crippen molar-refractivity contribution in [2.24, 2.45) is 5.73 Å². The summed E-state index contributed by atoms with van der Waals surface area (Å²) in [5.41, 5.74) is 6.66. The summed E-state index contributed by atoms with van der Waals surface area (Å²) in [4.78, 5) is 8.78. The second-order valence-corrected chi connectivity index (χ2v) is 3.88. The lowest BCUT2D eigenvalue weighted by atomic mass is 10.0. The van der Waals surface area contributed by atoms with E-state index in [1.165, 1.54) is 24.0 Å². The van der Waals surface area contributed by atoms with Crippen LogP contribution in [-0.4, -0.2) is 11.2 Å². The topological polar surface area (TPSA) is 63.3 Å². The molecule has 90 valence electrons. The van der Waals surface area contributed by atoms with Gasteiger partial charge in [0.25, 0.3) is 0 Å². The maximum Gasteiger partial charge on any atom is 0.402 e. The highest BCUT2D eigenvalue weighted by atomic mass is 35.5. The van der Waals surface area contributed by atoms with Crippen molar-refractivity contribution in [2.45, 2.75) is 33.1 Å². The number of nitrogens with two attached hydrogens (primary N) is 1. The minimum absolute atomic E-state index is 0.920. The molecule has 0 saturated heterocycles. The predicted octanol–water partition coefficient (Wildman–Crippen LogP) is 3.61. The van der Waals surface area contributed by atoms with E-state index in [4.69, 9.17) is 21.5 Å². The van der Waals surface area contributed by atoms with Crippen molar-refractivity contribution in [1.29, 1.82) is 0 Å². The summed E-state index contributed by atoms with van der Waals surface area (Å²) in [5.74, 6) is 0. The molecule has 0 aromatic heterocycles. The van der Waals surface area contributed by atoms with Gasteiger partial charge in [-0.05, 0) is 37.0 Å². The van der Waals surface area contributed by atoms with E-state index in [0.717, 1.165) is 11.4 Å². The fourth-order valence-electron chi connectivity index (χ4n) is 1.34. The summed E-state index contributed by atoms with van der Waals surface area (Å²) in [6.07, 6.45) is 2.23. The Morgan fingerprint density at radius 1 is 1.50 bits per heavy atom. The van der Waals surface area contributed by atoms with Crippen LogP contribution in [0.3, 0.4) is 0 Å². The number of hydrogen-bond donors (Lipinski definition) is 2. The molecule has 1 amide bonds. The zero-order valence-corrected chi connectivity index (χ0v) is 10.4. The molecule has 3 N–H and O–H groups in total. The van der Waals surface area contributed by atoms with Crippen LogP contribution in [0.4, 0.5) is 4.79 Å². The number of rotatable bonds is 3. The van der Waals surface area contributed by atoms with Crippen molar-refractivity contribution in [3.8, 4) is 0 Å². The Morgan fingerprint density at radius 2 is 2.06 bits per heavy atom. The van der Waals surface area contributed by atoms with Crippen LogP contribution < -0.4 is 5.73 Å². The molecule has 0 aliphatic heterocycles. The van der Waals surface area contributed by atoms with Crippen molar-refractivity contribution < 1.29 is 9.90 Å². The molecule has 0 saturated carbocycles. The average molecular weight is 244 g/mol. The van der Waals surface area contributed by atoms with E-state index in [0.29, 0.717) is 0 Å². The number of aryl methyl sites for hydroxylation is 1. The fourth-order valence-corrected chi connectivity index (χ4v) is 1.65. The quantitative estimate of drug-likeness (QED) is 0.852. The van der Waals surface area contributed by atoms with Gasteiger partial charge >= 0.3 is 6.09 Å². The summed E-state index contributed by atoms with van der Waals surface area (Å²) in [6, 6.07) is 6.10. The molecule has 16 heavy (non-hydrogen) atoms. The van der Waals surface area contributed by atoms with Gasteiger partial charge < -0.3 is 10.8 Å². The Morgan fingerprint density at radius 3 is 2.50 bits per heavy atom. The van der Waals surface area contributed by atoms with Crippen molar-refractivity contribution in [2.75, 3.05) is 0 Å². The van der Waals surface area contributed by atoms with Crippen LogP contribution in [0.2, 0.25) is 5.02 Å². The van der Waals surface area contributed by atoms with Gasteiger partial charge in [-0.1, -0.05) is 37.1 Å². The molecule has 1 aromatic rings. The largest absolute Gasteiger partial charge is 0.465 e. The summed E-state index contributed by atoms with van der Waals surface area (Å²) in [5, 5.41) is 8.11. The first-order chi connectivity index (χ1) is 7.49. The van der Waals surface area contributed by atoms with E-state index in [-0.39, 0.29) is 0 Å². The minimum Gasteiger partial charge on any atom is -0.465 e. The zero-order chi connectivity index (χ0) is 12.6. The first-order valence-corrected chi connectivity index (χ1v) is 5.59. The molecule has 4 heteroatoms. The number of carbonyl (C=O) groups is 1. The van der Waals surface area contributed by atoms with E-state index in [2.05, 4.69) is 25.6 Å². The SMILES string of the molecule is CCCCc1c(C)cccc1Cl.NC(=O)O. The zero-order valence-electron chi connectivity index (χ0n) is 9.66. The molecule has 0 aliphatic carbocycles. The van der Waals surface area contributed by atoms with E-state index in [1.807, 2.05) is 12.1 Å². The number of benzene rings is 1. The number of primary amides is 1. The van der Waals surface area contributed by atoms with Crippen molar-refractivity contribution >= 4 is 17.7 Å². The van der Waals surface area contributed by atoms with Crippen LogP contribution in [0.5, 0.6) is 0 Å². The van der Waals surface area contributed by atoms with Gasteiger partial charge in [0.1, 0.15) is 0 Å². The number of unbranched alkanes of at least 4 members (excludes halogenated alkanes) is 1. The highest BCUT2D eigenvalue weighted by Gasteiger charge is 2.01. The monoisotopic (exact) mass is 243 g/mol. The molecular weight excluding hydrogens is 226 g/mol. The molecule has 0 heterocycles. The Labute approximate surface area is 101 Å². The van der Waals surface area contributed by atoms with Gasteiger partial charge in [0.05, 0.1) is 0 Å². The Kier molecular flexibility index (Phi) is 7.38. The van der Waals surface area contributed by atoms with E-state index >= 15 is 0 Å². The van der Waals surface area contributed by atoms with Gasteiger partial charge in [-0.15, -0.1) is 0 Å². The third-order valence-electron chi connectivity index (χ3n) is 2.13. The minimum atomic E-state index is -1.33. The molecule has 0 bridgehead atoms. The lowest BCUT2D eigenvalue weighted by Gasteiger charge is -2.06. The maximum absolute atomic E-state index is 8.78. The molecule has 0 radical (unpaired) electrons. The van der Waals surface area contributed by atoms with Crippen molar-refractivity contribution in [3.63, 3.8) is 0 Å². The second-order valence-electron chi connectivity index (χ2n) is 3.48. The molecule has 0 spiro atoms. The smallest absolute Gasteiger partial charge is 0.402 e. The molecule has 1 aromatic carbocycles. The fraction of sp³-hybridized carbons (Fsp3) is 0.417. The van der Waals surface area contributed by atoms with Gasteiger partial charge in [-0.25, -0.2) is 4.79 Å². The molecule has 1 rings (SSSR count).